The van der Waals surface area contributed by atoms with Crippen molar-refractivity contribution in [2.75, 3.05) is 52.4 Å². The van der Waals surface area contributed by atoms with E-state index in [1.54, 1.807) is 37.5 Å². The first-order valence-corrected chi connectivity index (χ1v) is 16.0. The van der Waals surface area contributed by atoms with Gasteiger partial charge in [0, 0.05) is 31.8 Å². The molecule has 2 saturated heterocycles. The summed E-state index contributed by atoms with van der Waals surface area (Å²) in [6.07, 6.45) is 16.1. The SMILES string of the molecule is C#C.CC=O.CNC1CCCOC1.CNc1cncc(F)c1CC[C@@H]1CN[C@H](COC=O)CO1.Fc1ccc(Cc2ccc(F)cc2)cc1. The fraction of sp³-hybridized carbons (Fsp3) is 0.432. The van der Waals surface area contributed by atoms with Crippen molar-refractivity contribution in [1.82, 2.24) is 15.6 Å². The molecule has 12 heteroatoms. The smallest absolute Gasteiger partial charge is 0.293 e. The Bertz CT molecular complexity index is 1270. The van der Waals surface area contributed by atoms with Crippen LogP contribution in [-0.4, -0.2) is 83.0 Å². The zero-order chi connectivity index (χ0) is 36.3. The van der Waals surface area contributed by atoms with E-state index in [1.807, 2.05) is 7.05 Å². The molecule has 0 amide bonds. The Balaban J connectivity index is 0.000000371. The molecular formula is C37H49F3N4O5. The molecule has 2 aliphatic heterocycles. The van der Waals surface area contributed by atoms with Gasteiger partial charge in [0.25, 0.3) is 6.47 Å². The van der Waals surface area contributed by atoms with Crippen molar-refractivity contribution in [1.29, 1.82) is 0 Å². The van der Waals surface area contributed by atoms with E-state index < -0.39 is 0 Å². The summed E-state index contributed by atoms with van der Waals surface area (Å²) in [5.41, 5.74) is 3.37. The zero-order valence-corrected chi connectivity index (χ0v) is 28.5. The minimum absolute atomic E-state index is 0.0229. The number of halogens is 3. The Morgan fingerprint density at radius 1 is 0.980 bits per heavy atom. The number of carbonyl (C=O) groups excluding carboxylic acids is 2. The van der Waals surface area contributed by atoms with Crippen LogP contribution in [0.2, 0.25) is 0 Å². The lowest BCUT2D eigenvalue weighted by Gasteiger charge is -2.30. The van der Waals surface area contributed by atoms with E-state index in [0.29, 0.717) is 62.8 Å². The lowest BCUT2D eigenvalue weighted by molar-refractivity contribution is -0.130. The van der Waals surface area contributed by atoms with Gasteiger partial charge in [0.05, 0.1) is 43.4 Å². The second-order valence-electron chi connectivity index (χ2n) is 10.8. The van der Waals surface area contributed by atoms with Gasteiger partial charge in [0.1, 0.15) is 30.3 Å². The molecule has 1 unspecified atom stereocenters. The summed E-state index contributed by atoms with van der Waals surface area (Å²) in [4.78, 5) is 22.8. The topological polar surface area (TPSA) is 111 Å². The van der Waals surface area contributed by atoms with Crippen LogP contribution in [0.1, 0.15) is 42.9 Å². The Morgan fingerprint density at radius 3 is 2.04 bits per heavy atom. The third-order valence-corrected chi connectivity index (χ3v) is 7.33. The molecule has 3 atom stereocenters. The third kappa shape index (κ3) is 18.2. The highest BCUT2D eigenvalue weighted by molar-refractivity contribution is 5.49. The van der Waals surface area contributed by atoms with E-state index in [0.717, 1.165) is 30.6 Å². The van der Waals surface area contributed by atoms with Crippen LogP contribution in [0.25, 0.3) is 0 Å². The molecule has 49 heavy (non-hydrogen) atoms. The molecule has 0 radical (unpaired) electrons. The molecule has 0 aliphatic carbocycles. The van der Waals surface area contributed by atoms with Crippen molar-refractivity contribution >= 4 is 18.4 Å². The molecule has 268 valence electrons. The Kier molecular flexibility index (Phi) is 23.2. The van der Waals surface area contributed by atoms with Crippen LogP contribution < -0.4 is 16.0 Å². The van der Waals surface area contributed by atoms with Gasteiger partial charge in [-0.25, -0.2) is 13.2 Å². The number of aldehydes is 1. The summed E-state index contributed by atoms with van der Waals surface area (Å²) < 4.78 is 54.7. The predicted octanol–water partition coefficient (Wildman–Crippen LogP) is 5.12. The first kappa shape index (κ1) is 42.7. The van der Waals surface area contributed by atoms with Crippen LogP contribution in [0.5, 0.6) is 0 Å². The van der Waals surface area contributed by atoms with Gasteiger partial charge in [-0.2, -0.15) is 0 Å². The van der Waals surface area contributed by atoms with Crippen molar-refractivity contribution in [2.24, 2.45) is 0 Å². The first-order valence-electron chi connectivity index (χ1n) is 16.0. The molecule has 2 aliphatic rings. The van der Waals surface area contributed by atoms with Crippen LogP contribution in [0.4, 0.5) is 18.9 Å². The van der Waals surface area contributed by atoms with Crippen molar-refractivity contribution in [3.05, 3.63) is 95.1 Å². The van der Waals surface area contributed by atoms with Crippen molar-refractivity contribution in [3.8, 4) is 12.8 Å². The van der Waals surface area contributed by atoms with Gasteiger partial charge in [0.2, 0.25) is 0 Å². The van der Waals surface area contributed by atoms with E-state index in [-0.39, 0.29) is 29.6 Å². The summed E-state index contributed by atoms with van der Waals surface area (Å²) in [5.74, 6) is -0.779. The fourth-order valence-electron chi connectivity index (χ4n) is 4.76. The van der Waals surface area contributed by atoms with Crippen LogP contribution in [0.3, 0.4) is 0 Å². The van der Waals surface area contributed by atoms with Crippen molar-refractivity contribution < 1.29 is 37.0 Å². The highest BCUT2D eigenvalue weighted by atomic mass is 19.1. The Labute approximate surface area is 288 Å². The number of anilines is 1. The number of terminal acetylenes is 1. The van der Waals surface area contributed by atoms with E-state index >= 15 is 0 Å². The number of hydrogen-bond acceptors (Lipinski definition) is 9. The first-order chi connectivity index (χ1) is 23.8. The molecule has 1 aromatic heterocycles. The van der Waals surface area contributed by atoms with Gasteiger partial charge in [-0.05, 0) is 81.5 Å². The second-order valence-corrected chi connectivity index (χ2v) is 10.8. The molecule has 5 rings (SSSR count). The van der Waals surface area contributed by atoms with Gasteiger partial charge < -0.3 is 35.0 Å². The van der Waals surface area contributed by atoms with Crippen LogP contribution in [0.15, 0.2) is 60.9 Å². The molecule has 3 heterocycles. The second kappa shape index (κ2) is 26.6. The van der Waals surface area contributed by atoms with E-state index in [4.69, 9.17) is 19.0 Å². The van der Waals surface area contributed by atoms with Crippen molar-refractivity contribution in [3.63, 3.8) is 0 Å². The number of nitrogens with zero attached hydrogens (tertiary/aromatic N) is 1. The summed E-state index contributed by atoms with van der Waals surface area (Å²) in [6.45, 7) is 5.18. The average molecular weight is 687 g/mol. The summed E-state index contributed by atoms with van der Waals surface area (Å²) in [5, 5.41) is 9.38. The number of nitrogens with one attached hydrogen (secondary N) is 3. The largest absolute Gasteiger partial charge is 0.466 e. The molecule has 0 saturated carbocycles. The molecule has 3 N–H and O–H groups in total. The maximum Gasteiger partial charge on any atom is 0.293 e. The fourth-order valence-corrected chi connectivity index (χ4v) is 4.76. The predicted molar refractivity (Wildman–Crippen MR) is 186 cm³/mol. The van der Waals surface area contributed by atoms with Gasteiger partial charge in [-0.3, -0.25) is 9.78 Å². The number of ether oxygens (including phenoxy) is 3. The number of rotatable bonds is 10. The number of likely N-dealkylation sites (N-methyl/N-ethyl adjacent to an activating group) is 1. The molecule has 9 nitrogen and oxygen atoms in total. The maximum absolute atomic E-state index is 13.8. The minimum atomic E-state index is -0.303. The maximum atomic E-state index is 13.8. The summed E-state index contributed by atoms with van der Waals surface area (Å²) in [7, 11) is 3.73. The highest BCUT2D eigenvalue weighted by Gasteiger charge is 2.22. The number of aromatic nitrogens is 1. The Hall–Kier alpha value is -4.28. The number of hydrogen-bond donors (Lipinski definition) is 3. The highest BCUT2D eigenvalue weighted by Crippen LogP contribution is 2.20. The van der Waals surface area contributed by atoms with Gasteiger partial charge in [0.15, 0.2) is 0 Å². The van der Waals surface area contributed by atoms with Crippen molar-refractivity contribution in [2.45, 2.75) is 57.2 Å². The third-order valence-electron chi connectivity index (χ3n) is 7.33. The molecular weight excluding hydrogens is 637 g/mol. The molecule has 2 fully saturated rings. The van der Waals surface area contributed by atoms with Crippen LogP contribution in [-0.2, 0) is 36.6 Å². The number of benzene rings is 2. The molecule has 2 aromatic carbocycles. The van der Waals surface area contributed by atoms with E-state index in [1.165, 1.54) is 50.2 Å². The molecule has 3 aromatic rings. The Morgan fingerprint density at radius 2 is 1.59 bits per heavy atom. The monoisotopic (exact) mass is 686 g/mol. The quantitative estimate of drug-likeness (QED) is 0.198. The van der Waals surface area contributed by atoms with E-state index in [2.05, 4.69) is 33.8 Å². The zero-order valence-electron chi connectivity index (χ0n) is 28.5. The van der Waals surface area contributed by atoms with Crippen LogP contribution in [0, 0.1) is 30.3 Å². The number of carbonyl (C=O) groups is 2. The molecule has 0 spiro atoms. The van der Waals surface area contributed by atoms with Gasteiger partial charge in [-0.1, -0.05) is 24.3 Å². The summed E-state index contributed by atoms with van der Waals surface area (Å²) >= 11 is 0. The van der Waals surface area contributed by atoms with Gasteiger partial charge in [-0.15, -0.1) is 12.8 Å². The lowest BCUT2D eigenvalue weighted by Crippen LogP contribution is -2.48. The summed E-state index contributed by atoms with van der Waals surface area (Å²) in [6, 6.07) is 13.3. The van der Waals surface area contributed by atoms with Gasteiger partial charge >= 0.3 is 0 Å². The van der Waals surface area contributed by atoms with Crippen LogP contribution >= 0.6 is 0 Å². The normalized spacial score (nSPS) is 17.8. The lowest BCUT2D eigenvalue weighted by atomic mass is 10.0. The minimum Gasteiger partial charge on any atom is -0.466 e. The average Bonchev–Trinajstić information content (AvgIpc) is 3.14. The number of morpholine rings is 1. The van der Waals surface area contributed by atoms with E-state index in [9.17, 15) is 18.0 Å². The number of pyridine rings is 1. The standard InChI is InChI=1S/C14H20FN3O3.C13H10F2.C6H13NO.C2H4O.C2H2/c1-16-14-6-17-5-13(15)12(14)3-2-11-4-18-10(8-21-11)7-20-9-19;14-12-5-1-10(2-6-12)9-11-3-7-13(15)8-4-11;1-7-6-3-2-4-8-5-6;1-2-3;1-2/h5-6,9-11,16,18H,2-4,7-8H2,1H3;1-8H,9H2;6-7H,2-5H2,1H3;2H,1H3;1-2H/t10-,11-;;;;/m1..../s1. The molecule has 0 bridgehead atoms.